The first-order valence-corrected chi connectivity index (χ1v) is 17.6. The number of fused-ring (bicyclic) bond motifs is 1. The second-order valence-electron chi connectivity index (χ2n) is 12.1. The molecular weight excluding hydrogens is 623 g/mol. The second-order valence-corrected chi connectivity index (χ2v) is 12.1. The van der Waals surface area contributed by atoms with E-state index in [0.717, 1.165) is 85.8 Å². The fraction of sp³-hybridized carbons (Fsp3) is 0.429. The third-order valence-electron chi connectivity index (χ3n) is 8.76. The number of aliphatic imine (C=N–C) groups is 2. The van der Waals surface area contributed by atoms with E-state index in [4.69, 9.17) is 9.98 Å². The normalized spacial score (nSPS) is 11.4. The first kappa shape index (κ1) is 39.8. The maximum atomic E-state index is 10.1. The van der Waals surface area contributed by atoms with Crippen molar-refractivity contribution in [1.29, 1.82) is 0 Å². The SMILES string of the molecule is CCCCC(C=Nc1ccc(CC)c(CC)c1)=Nc1ccc(CC)c(CC)c1.CCCCCc1cc(C)c(O)c2c(O)cccc12.[Ni]. The Morgan fingerprint density at radius 3 is 1.85 bits per heavy atom. The summed E-state index contributed by atoms with van der Waals surface area (Å²) in [5.74, 6) is 0.354. The van der Waals surface area contributed by atoms with Crippen LogP contribution in [-0.4, -0.2) is 22.1 Å². The summed E-state index contributed by atoms with van der Waals surface area (Å²) < 4.78 is 0. The topological polar surface area (TPSA) is 65.2 Å². The fourth-order valence-corrected chi connectivity index (χ4v) is 5.98. The Bertz CT molecular complexity index is 1620. The van der Waals surface area contributed by atoms with Crippen LogP contribution in [-0.2, 0) is 48.6 Å². The number of phenolic OH excluding ortho intramolecular Hbond substituents is 2. The average molecular weight is 680 g/mol. The van der Waals surface area contributed by atoms with E-state index in [9.17, 15) is 10.2 Å². The monoisotopic (exact) mass is 678 g/mol. The van der Waals surface area contributed by atoms with E-state index in [-0.39, 0.29) is 28.0 Å². The number of benzene rings is 4. The number of unbranched alkanes of at least 4 members (excludes halogenated alkanes) is 3. The third kappa shape index (κ3) is 11.4. The summed E-state index contributed by atoms with van der Waals surface area (Å²) in [6.07, 6.45) is 14.0. The van der Waals surface area contributed by atoms with Crippen LogP contribution in [0.3, 0.4) is 0 Å². The molecule has 0 aliphatic rings. The summed E-state index contributed by atoms with van der Waals surface area (Å²) in [7, 11) is 0. The van der Waals surface area contributed by atoms with Gasteiger partial charge in [0.2, 0.25) is 0 Å². The van der Waals surface area contributed by atoms with Gasteiger partial charge in [-0.15, -0.1) is 0 Å². The van der Waals surface area contributed by atoms with Gasteiger partial charge in [-0.3, -0.25) is 9.98 Å². The van der Waals surface area contributed by atoms with Gasteiger partial charge in [0.05, 0.1) is 22.5 Å². The third-order valence-corrected chi connectivity index (χ3v) is 8.76. The summed E-state index contributed by atoms with van der Waals surface area (Å²) >= 11 is 0. The van der Waals surface area contributed by atoms with E-state index >= 15 is 0 Å². The molecule has 5 heteroatoms. The van der Waals surface area contributed by atoms with E-state index in [1.807, 2.05) is 31.3 Å². The van der Waals surface area contributed by atoms with Gasteiger partial charge in [-0.25, -0.2) is 0 Å². The molecule has 0 fully saturated rings. The number of aromatic hydroxyl groups is 2. The number of hydrogen-bond donors (Lipinski definition) is 2. The molecule has 0 aliphatic carbocycles. The van der Waals surface area contributed by atoms with Crippen molar-refractivity contribution in [2.45, 2.75) is 119 Å². The Morgan fingerprint density at radius 2 is 1.26 bits per heavy atom. The predicted molar refractivity (Wildman–Crippen MR) is 200 cm³/mol. The second kappa shape index (κ2) is 20.7. The van der Waals surface area contributed by atoms with E-state index in [2.05, 4.69) is 77.9 Å². The molecule has 4 rings (SSSR count). The Balaban J connectivity index is 0.000000349. The number of rotatable bonds is 14. The van der Waals surface area contributed by atoms with Crippen molar-refractivity contribution in [3.63, 3.8) is 0 Å². The van der Waals surface area contributed by atoms with Crippen molar-refractivity contribution in [3.05, 3.63) is 94.0 Å². The van der Waals surface area contributed by atoms with Gasteiger partial charge in [0.1, 0.15) is 11.5 Å². The average Bonchev–Trinajstić information content (AvgIpc) is 3.08. The predicted octanol–water partition coefficient (Wildman–Crippen LogP) is 11.9. The van der Waals surface area contributed by atoms with Crippen LogP contribution in [0.25, 0.3) is 10.8 Å². The van der Waals surface area contributed by atoms with E-state index in [1.165, 1.54) is 40.7 Å². The fourth-order valence-electron chi connectivity index (χ4n) is 5.98. The maximum Gasteiger partial charge on any atom is 0.130 e. The van der Waals surface area contributed by atoms with Crippen LogP contribution in [0.15, 0.2) is 70.6 Å². The van der Waals surface area contributed by atoms with Gasteiger partial charge in [0.15, 0.2) is 0 Å². The van der Waals surface area contributed by atoms with Gasteiger partial charge < -0.3 is 10.2 Å². The van der Waals surface area contributed by atoms with Crippen LogP contribution in [0, 0.1) is 6.92 Å². The van der Waals surface area contributed by atoms with Crippen molar-refractivity contribution in [2.75, 3.05) is 0 Å². The van der Waals surface area contributed by atoms with Crippen molar-refractivity contribution < 1.29 is 26.7 Å². The summed E-state index contributed by atoms with van der Waals surface area (Å²) in [5, 5.41) is 21.5. The van der Waals surface area contributed by atoms with Crippen molar-refractivity contribution in [2.24, 2.45) is 9.98 Å². The molecule has 0 heterocycles. The molecule has 0 radical (unpaired) electrons. The van der Waals surface area contributed by atoms with Gasteiger partial charge in [0.25, 0.3) is 0 Å². The molecule has 0 atom stereocenters. The van der Waals surface area contributed by atoms with Crippen LogP contribution >= 0.6 is 0 Å². The molecule has 0 amide bonds. The summed E-state index contributed by atoms with van der Waals surface area (Å²) in [4.78, 5) is 9.70. The van der Waals surface area contributed by atoms with Gasteiger partial charge in [0, 0.05) is 22.7 Å². The number of aryl methyl sites for hydroxylation is 6. The molecule has 0 spiro atoms. The van der Waals surface area contributed by atoms with E-state index < -0.39 is 0 Å². The molecular formula is C42H56N2NiO2. The molecule has 0 bridgehead atoms. The van der Waals surface area contributed by atoms with Gasteiger partial charge in [-0.2, -0.15) is 0 Å². The van der Waals surface area contributed by atoms with Crippen LogP contribution in [0.2, 0.25) is 0 Å². The smallest absolute Gasteiger partial charge is 0.130 e. The first-order valence-electron chi connectivity index (χ1n) is 17.6. The van der Waals surface area contributed by atoms with Gasteiger partial charge in [-0.05, 0) is 127 Å². The first-order chi connectivity index (χ1) is 22.3. The van der Waals surface area contributed by atoms with Crippen molar-refractivity contribution in [1.82, 2.24) is 0 Å². The summed E-state index contributed by atoms with van der Waals surface area (Å²) in [5.41, 5.74) is 10.8. The minimum atomic E-state index is 0. The maximum absolute atomic E-state index is 10.1. The minimum absolute atomic E-state index is 0. The zero-order chi connectivity index (χ0) is 33.5. The quantitative estimate of drug-likeness (QED) is 0.0791. The molecule has 4 aromatic rings. The number of nitrogens with zero attached hydrogens (tertiary/aromatic N) is 2. The zero-order valence-electron chi connectivity index (χ0n) is 29.7. The van der Waals surface area contributed by atoms with Crippen LogP contribution in [0.5, 0.6) is 11.5 Å². The molecule has 47 heavy (non-hydrogen) atoms. The van der Waals surface area contributed by atoms with Crippen LogP contribution < -0.4 is 0 Å². The molecule has 0 saturated heterocycles. The molecule has 0 aliphatic heterocycles. The number of phenols is 2. The van der Waals surface area contributed by atoms with Crippen LogP contribution in [0.4, 0.5) is 11.4 Å². The summed E-state index contributed by atoms with van der Waals surface area (Å²) in [6, 6.07) is 20.6. The van der Waals surface area contributed by atoms with Crippen molar-refractivity contribution in [3.8, 4) is 11.5 Å². The summed E-state index contributed by atoms with van der Waals surface area (Å²) in [6.45, 7) is 15.1. The Kier molecular flexibility index (Phi) is 17.5. The van der Waals surface area contributed by atoms with E-state index in [0.29, 0.717) is 5.39 Å². The standard InChI is InChI=1S/C26H36N2.C16H20O2.Ni/c1-6-11-12-26(28-25-16-14-21(8-3)23(10-5)18-25)19-27-24-15-13-20(7-2)22(9-4)17-24;1-3-4-5-7-12-10-11(2)16(18)15-13(12)8-6-9-14(15)17;/h13-19H,6-12H2,1-5H3;6,8-10,17-18H,3-5,7H2,1-2H3;. The molecule has 2 N–H and O–H groups in total. The Morgan fingerprint density at radius 1 is 0.660 bits per heavy atom. The molecule has 256 valence electrons. The van der Waals surface area contributed by atoms with Crippen molar-refractivity contribution >= 4 is 34.1 Å². The van der Waals surface area contributed by atoms with Gasteiger partial charge in [-0.1, -0.05) is 91.1 Å². The zero-order valence-corrected chi connectivity index (χ0v) is 30.7. The van der Waals surface area contributed by atoms with E-state index in [1.54, 1.807) is 6.07 Å². The minimum Gasteiger partial charge on any atom is -0.507 e. The molecule has 4 nitrogen and oxygen atoms in total. The van der Waals surface area contributed by atoms with Crippen LogP contribution in [0.1, 0.15) is 113 Å². The number of hydrogen-bond acceptors (Lipinski definition) is 4. The molecule has 0 saturated carbocycles. The molecule has 0 aromatic heterocycles. The van der Waals surface area contributed by atoms with Gasteiger partial charge >= 0.3 is 0 Å². The largest absolute Gasteiger partial charge is 0.507 e. The molecule has 0 unspecified atom stereocenters. The Hall–Kier alpha value is -3.43. The Labute approximate surface area is 294 Å². The molecule has 4 aromatic carbocycles.